The monoisotopic (exact) mass is 139 g/mol. The van der Waals surface area contributed by atoms with E-state index in [0.717, 1.165) is 0 Å². The lowest BCUT2D eigenvalue weighted by molar-refractivity contribution is 1.30. The van der Waals surface area contributed by atoms with E-state index in [1.807, 2.05) is 0 Å². The number of alkyl halides is 1. The third-order valence-corrected chi connectivity index (χ3v) is 0.428. The van der Waals surface area contributed by atoms with Gasteiger partial charge in [0.2, 0.25) is 0 Å². The smallest absolute Gasteiger partial charge is 0.0835 e. The van der Waals surface area contributed by atoms with E-state index in [1.54, 1.807) is 0 Å². The van der Waals surface area contributed by atoms with Gasteiger partial charge in [0.1, 0.15) is 0 Å². The molecule has 0 saturated carbocycles. The quantitative estimate of drug-likeness (QED) is 0.387. The second-order valence-electron chi connectivity index (χ2n) is 0.691. The summed E-state index contributed by atoms with van der Waals surface area (Å²) in [6, 6.07) is 0. The van der Waals surface area contributed by atoms with Gasteiger partial charge in [-0.25, -0.2) is 0 Å². The van der Waals surface area contributed by atoms with Crippen molar-refractivity contribution in [2.75, 3.05) is 12.4 Å². The number of hydrogen-bond acceptors (Lipinski definition) is 1. The van der Waals surface area contributed by atoms with Crippen LogP contribution in [0.25, 0.3) is 0 Å². The second kappa shape index (κ2) is 9.44. The molecule has 0 aliphatic heterocycles. The van der Waals surface area contributed by atoms with Crippen molar-refractivity contribution in [3.8, 4) is 11.8 Å². The SMILES string of the molecule is Cl.NCC#CCCl. The summed E-state index contributed by atoms with van der Waals surface area (Å²) in [5, 5.41) is 0. The van der Waals surface area contributed by atoms with E-state index < -0.39 is 0 Å². The minimum atomic E-state index is 0. The Morgan fingerprint density at radius 2 is 2.00 bits per heavy atom. The van der Waals surface area contributed by atoms with Crippen LogP contribution in [0.3, 0.4) is 0 Å². The number of hydrogen-bond donors (Lipinski definition) is 1. The Hall–Kier alpha value is 0.1000. The topological polar surface area (TPSA) is 26.0 Å². The van der Waals surface area contributed by atoms with Crippen molar-refractivity contribution >= 4 is 24.0 Å². The van der Waals surface area contributed by atoms with Crippen LogP contribution in [0.5, 0.6) is 0 Å². The van der Waals surface area contributed by atoms with Crippen LogP contribution >= 0.6 is 24.0 Å². The Bertz CT molecular complexity index is 63.5. The molecule has 0 aromatic rings. The fourth-order valence-electron chi connectivity index (χ4n) is 0.119. The van der Waals surface area contributed by atoms with Gasteiger partial charge in [0, 0.05) is 0 Å². The molecule has 3 heteroatoms. The second-order valence-corrected chi connectivity index (χ2v) is 0.959. The summed E-state index contributed by atoms with van der Waals surface area (Å²) in [5.74, 6) is 5.57. The van der Waals surface area contributed by atoms with Crippen LogP contribution in [-0.4, -0.2) is 12.4 Å². The van der Waals surface area contributed by atoms with Crippen molar-refractivity contribution in [1.82, 2.24) is 0 Å². The lowest BCUT2D eigenvalue weighted by Gasteiger charge is -1.65. The van der Waals surface area contributed by atoms with Gasteiger partial charge in [0.25, 0.3) is 0 Å². The molecular formula is C4H7Cl2N. The molecule has 0 aliphatic rings. The number of nitrogens with two attached hydrogens (primary N) is 1. The van der Waals surface area contributed by atoms with Crippen molar-refractivity contribution < 1.29 is 0 Å². The zero-order valence-electron chi connectivity index (χ0n) is 3.78. The molecule has 0 aromatic heterocycles. The van der Waals surface area contributed by atoms with Gasteiger partial charge in [-0.1, -0.05) is 11.8 Å². The van der Waals surface area contributed by atoms with Crippen LogP contribution in [0.4, 0.5) is 0 Å². The normalized spacial score (nSPS) is 5.43. The average Bonchev–Trinajstić information content (AvgIpc) is 1.61. The van der Waals surface area contributed by atoms with E-state index in [9.17, 15) is 0 Å². The largest absolute Gasteiger partial charge is 0.320 e. The first-order valence-corrected chi connectivity index (χ1v) is 2.17. The van der Waals surface area contributed by atoms with Crippen LogP contribution in [0.2, 0.25) is 0 Å². The van der Waals surface area contributed by atoms with E-state index in [4.69, 9.17) is 17.3 Å². The van der Waals surface area contributed by atoms with Gasteiger partial charge in [-0.3, -0.25) is 0 Å². The molecule has 0 unspecified atom stereocenters. The Kier molecular flexibility index (Phi) is 13.7. The average molecular weight is 140 g/mol. The molecule has 0 bridgehead atoms. The maximum absolute atomic E-state index is 5.15. The molecule has 0 aliphatic carbocycles. The summed E-state index contributed by atoms with van der Waals surface area (Å²) >= 11 is 5.15. The highest BCUT2D eigenvalue weighted by Crippen LogP contribution is 1.64. The van der Waals surface area contributed by atoms with Gasteiger partial charge >= 0.3 is 0 Å². The summed E-state index contributed by atoms with van der Waals surface area (Å²) in [5.41, 5.74) is 4.98. The highest BCUT2D eigenvalue weighted by atomic mass is 35.5. The van der Waals surface area contributed by atoms with Crippen molar-refractivity contribution in [2.45, 2.75) is 0 Å². The van der Waals surface area contributed by atoms with Crippen molar-refractivity contribution in [1.29, 1.82) is 0 Å². The van der Waals surface area contributed by atoms with Crippen molar-refractivity contribution in [2.24, 2.45) is 5.73 Å². The summed E-state index contributed by atoms with van der Waals surface area (Å²) < 4.78 is 0. The van der Waals surface area contributed by atoms with E-state index in [2.05, 4.69) is 11.8 Å². The maximum Gasteiger partial charge on any atom is 0.0835 e. The van der Waals surface area contributed by atoms with Gasteiger partial charge in [-0.15, -0.1) is 24.0 Å². The molecule has 0 radical (unpaired) electrons. The number of halogens is 2. The molecule has 0 saturated heterocycles. The van der Waals surface area contributed by atoms with E-state index in [0.29, 0.717) is 12.4 Å². The first kappa shape index (κ1) is 10.2. The molecule has 0 heterocycles. The van der Waals surface area contributed by atoms with Crippen LogP contribution in [0, 0.1) is 11.8 Å². The summed E-state index contributed by atoms with van der Waals surface area (Å²) in [4.78, 5) is 0. The van der Waals surface area contributed by atoms with Crippen LogP contribution < -0.4 is 5.73 Å². The van der Waals surface area contributed by atoms with E-state index in [1.165, 1.54) is 0 Å². The standard InChI is InChI=1S/C4H6ClN.ClH/c5-3-1-2-4-6;/h3-4,6H2;1H. The Morgan fingerprint density at radius 3 is 2.14 bits per heavy atom. The Balaban J connectivity index is 0. The van der Waals surface area contributed by atoms with Gasteiger partial charge < -0.3 is 5.73 Å². The number of rotatable bonds is 0. The van der Waals surface area contributed by atoms with Crippen LogP contribution in [-0.2, 0) is 0 Å². The lowest BCUT2D eigenvalue weighted by Crippen LogP contribution is -1.92. The minimum Gasteiger partial charge on any atom is -0.320 e. The summed E-state index contributed by atoms with van der Waals surface area (Å²) in [6.45, 7) is 0.409. The van der Waals surface area contributed by atoms with Gasteiger partial charge in [0.05, 0.1) is 12.4 Å². The van der Waals surface area contributed by atoms with Gasteiger partial charge in [0.15, 0.2) is 0 Å². The van der Waals surface area contributed by atoms with Gasteiger partial charge in [-0.2, -0.15) is 0 Å². The zero-order valence-corrected chi connectivity index (χ0v) is 5.35. The molecule has 7 heavy (non-hydrogen) atoms. The van der Waals surface area contributed by atoms with E-state index >= 15 is 0 Å². The molecule has 0 fully saturated rings. The predicted molar refractivity (Wildman–Crippen MR) is 34.8 cm³/mol. The van der Waals surface area contributed by atoms with Crippen LogP contribution in [0.15, 0.2) is 0 Å². The third kappa shape index (κ3) is 10.7. The highest BCUT2D eigenvalue weighted by molar-refractivity contribution is 6.19. The first-order valence-electron chi connectivity index (χ1n) is 1.63. The molecular weight excluding hydrogens is 133 g/mol. The van der Waals surface area contributed by atoms with Crippen molar-refractivity contribution in [3.63, 3.8) is 0 Å². The molecule has 0 rings (SSSR count). The molecule has 0 aromatic carbocycles. The molecule has 0 atom stereocenters. The minimum absolute atomic E-state index is 0. The molecule has 0 amide bonds. The van der Waals surface area contributed by atoms with Gasteiger partial charge in [-0.05, 0) is 0 Å². The maximum atomic E-state index is 5.15. The highest BCUT2D eigenvalue weighted by Gasteiger charge is 1.57. The first-order chi connectivity index (χ1) is 2.91. The predicted octanol–water partition coefficient (Wildman–Crippen LogP) is 0.609. The molecule has 0 spiro atoms. The molecule has 2 N–H and O–H groups in total. The van der Waals surface area contributed by atoms with E-state index in [-0.39, 0.29) is 12.4 Å². The lowest BCUT2D eigenvalue weighted by atomic mass is 10.6. The van der Waals surface area contributed by atoms with Crippen molar-refractivity contribution in [3.05, 3.63) is 0 Å². The molecule has 42 valence electrons. The van der Waals surface area contributed by atoms with Crippen LogP contribution in [0.1, 0.15) is 0 Å². The fourth-order valence-corrected chi connectivity index (χ4v) is 0.214. The summed E-state index contributed by atoms with van der Waals surface area (Å²) in [6.07, 6.45) is 0. The Labute approximate surface area is 54.6 Å². The molecule has 1 nitrogen and oxygen atoms in total. The third-order valence-electron chi connectivity index (χ3n) is 0.294. The Morgan fingerprint density at radius 1 is 1.43 bits per heavy atom. The summed E-state index contributed by atoms with van der Waals surface area (Å²) in [7, 11) is 0. The zero-order chi connectivity index (χ0) is 4.83. The fraction of sp³-hybridized carbons (Fsp3) is 0.500.